The maximum atomic E-state index is 4.64. The molecule has 1 saturated heterocycles. The van der Waals surface area contributed by atoms with Gasteiger partial charge in [-0.3, -0.25) is 0 Å². The Labute approximate surface area is 157 Å². The minimum atomic E-state index is 0.426. The fourth-order valence-corrected chi connectivity index (χ4v) is 3.83. The lowest BCUT2D eigenvalue weighted by Gasteiger charge is -2.33. The van der Waals surface area contributed by atoms with E-state index in [4.69, 9.17) is 0 Å². The number of aromatic nitrogens is 4. The number of rotatable bonds is 5. The molecule has 3 aromatic rings. The van der Waals surface area contributed by atoms with Crippen molar-refractivity contribution in [1.82, 2.24) is 19.3 Å². The molecule has 1 fully saturated rings. The van der Waals surface area contributed by atoms with Gasteiger partial charge in [-0.2, -0.15) is 9.36 Å². The first kappa shape index (κ1) is 16.9. The van der Waals surface area contributed by atoms with Crippen LogP contribution < -0.4 is 10.2 Å². The first-order valence-electron chi connectivity index (χ1n) is 9.03. The maximum absolute atomic E-state index is 4.64. The van der Waals surface area contributed by atoms with Crippen molar-refractivity contribution in [2.24, 2.45) is 0 Å². The molecule has 134 valence electrons. The molecule has 0 bridgehead atoms. The molecule has 0 spiro atoms. The Hall–Kier alpha value is -2.54. The molecular weight excluding hydrogens is 344 g/mol. The lowest BCUT2D eigenvalue weighted by molar-refractivity contribution is 0.523. The third kappa shape index (κ3) is 3.83. The highest BCUT2D eigenvalue weighted by molar-refractivity contribution is 7.09. The van der Waals surface area contributed by atoms with Crippen molar-refractivity contribution in [3.05, 3.63) is 48.4 Å². The average molecular weight is 366 g/mol. The molecule has 1 aromatic carbocycles. The standard InChI is InChI=1S/C19H22N6S/c1-2-15-12-17(21-13-20-15)25-10-8-16(9-11-25)22-19-23-18(24-26-19)14-6-4-3-5-7-14/h3-7,12-13,16H,2,8-11H2,1H3,(H,22,23,24). The molecule has 26 heavy (non-hydrogen) atoms. The molecular formula is C19H22N6S. The van der Waals surface area contributed by atoms with Crippen LogP contribution in [0.3, 0.4) is 0 Å². The van der Waals surface area contributed by atoms with Crippen LogP contribution in [-0.4, -0.2) is 38.5 Å². The second kappa shape index (κ2) is 7.78. The van der Waals surface area contributed by atoms with Crippen molar-refractivity contribution in [1.29, 1.82) is 0 Å². The Bertz CT molecular complexity index is 842. The molecule has 0 amide bonds. The van der Waals surface area contributed by atoms with Crippen LogP contribution in [0.5, 0.6) is 0 Å². The molecule has 0 radical (unpaired) electrons. The van der Waals surface area contributed by atoms with Gasteiger partial charge in [0.1, 0.15) is 12.1 Å². The van der Waals surface area contributed by atoms with Crippen LogP contribution in [0, 0.1) is 0 Å². The van der Waals surface area contributed by atoms with Gasteiger partial charge in [0.25, 0.3) is 0 Å². The van der Waals surface area contributed by atoms with Crippen molar-refractivity contribution >= 4 is 22.5 Å². The monoisotopic (exact) mass is 366 g/mol. The molecule has 0 atom stereocenters. The number of benzene rings is 1. The Morgan fingerprint density at radius 2 is 1.96 bits per heavy atom. The van der Waals surface area contributed by atoms with E-state index >= 15 is 0 Å². The molecule has 0 aliphatic carbocycles. The van der Waals surface area contributed by atoms with Gasteiger partial charge >= 0.3 is 0 Å². The third-order valence-electron chi connectivity index (χ3n) is 4.68. The summed E-state index contributed by atoms with van der Waals surface area (Å²) in [7, 11) is 0. The Kier molecular flexibility index (Phi) is 5.06. The van der Waals surface area contributed by atoms with E-state index in [0.717, 1.165) is 60.4 Å². The zero-order valence-corrected chi connectivity index (χ0v) is 15.6. The summed E-state index contributed by atoms with van der Waals surface area (Å²) in [5.74, 6) is 1.83. The molecule has 1 aliphatic heterocycles. The fourth-order valence-electron chi connectivity index (χ4n) is 3.17. The molecule has 1 N–H and O–H groups in total. The first-order chi connectivity index (χ1) is 12.8. The summed E-state index contributed by atoms with van der Waals surface area (Å²) >= 11 is 1.43. The van der Waals surface area contributed by atoms with Crippen LogP contribution in [0.4, 0.5) is 10.9 Å². The van der Waals surface area contributed by atoms with Gasteiger partial charge in [-0.25, -0.2) is 9.97 Å². The topological polar surface area (TPSA) is 66.8 Å². The largest absolute Gasteiger partial charge is 0.357 e. The SMILES string of the molecule is CCc1cc(N2CCC(Nc3nc(-c4ccccc4)ns3)CC2)ncn1. The van der Waals surface area contributed by atoms with E-state index in [-0.39, 0.29) is 0 Å². The van der Waals surface area contributed by atoms with Crippen LogP contribution in [0.15, 0.2) is 42.7 Å². The van der Waals surface area contributed by atoms with Gasteiger partial charge in [0.05, 0.1) is 0 Å². The summed E-state index contributed by atoms with van der Waals surface area (Å²) in [6.07, 6.45) is 4.73. The van der Waals surface area contributed by atoms with Crippen molar-refractivity contribution in [3.63, 3.8) is 0 Å². The van der Waals surface area contributed by atoms with Gasteiger partial charge in [-0.1, -0.05) is 37.3 Å². The van der Waals surface area contributed by atoms with E-state index in [0.29, 0.717) is 6.04 Å². The molecule has 0 unspecified atom stereocenters. The van der Waals surface area contributed by atoms with Crippen LogP contribution in [-0.2, 0) is 6.42 Å². The Balaban J connectivity index is 1.35. The van der Waals surface area contributed by atoms with Crippen LogP contribution >= 0.6 is 11.5 Å². The zero-order chi connectivity index (χ0) is 17.8. The molecule has 6 nitrogen and oxygen atoms in total. The average Bonchev–Trinajstić information content (AvgIpc) is 3.18. The highest BCUT2D eigenvalue weighted by Gasteiger charge is 2.21. The maximum Gasteiger partial charge on any atom is 0.203 e. The van der Waals surface area contributed by atoms with E-state index in [9.17, 15) is 0 Å². The van der Waals surface area contributed by atoms with Gasteiger partial charge < -0.3 is 10.2 Å². The second-order valence-electron chi connectivity index (χ2n) is 6.42. The molecule has 3 heterocycles. The number of nitrogens with one attached hydrogen (secondary N) is 1. The first-order valence-corrected chi connectivity index (χ1v) is 9.80. The summed E-state index contributed by atoms with van der Waals surface area (Å²) in [5.41, 5.74) is 2.15. The van der Waals surface area contributed by atoms with E-state index < -0.39 is 0 Å². The van der Waals surface area contributed by atoms with Crippen molar-refractivity contribution in [2.45, 2.75) is 32.2 Å². The van der Waals surface area contributed by atoms with Crippen LogP contribution in [0.1, 0.15) is 25.5 Å². The van der Waals surface area contributed by atoms with E-state index in [1.165, 1.54) is 11.5 Å². The van der Waals surface area contributed by atoms with Gasteiger partial charge in [0, 0.05) is 48.0 Å². The predicted octanol–water partition coefficient (Wildman–Crippen LogP) is 3.64. The molecule has 2 aromatic heterocycles. The third-order valence-corrected chi connectivity index (χ3v) is 5.32. The number of nitrogens with zero attached hydrogens (tertiary/aromatic N) is 5. The highest BCUT2D eigenvalue weighted by Crippen LogP contribution is 2.24. The van der Waals surface area contributed by atoms with E-state index in [1.807, 2.05) is 30.3 Å². The molecule has 1 aliphatic rings. The van der Waals surface area contributed by atoms with Gasteiger partial charge in [0.15, 0.2) is 5.82 Å². The number of anilines is 2. The van der Waals surface area contributed by atoms with Crippen LogP contribution in [0.25, 0.3) is 11.4 Å². The molecule has 7 heteroatoms. The van der Waals surface area contributed by atoms with Crippen molar-refractivity contribution in [2.75, 3.05) is 23.3 Å². The smallest absolute Gasteiger partial charge is 0.203 e. The summed E-state index contributed by atoms with van der Waals surface area (Å²) in [4.78, 5) is 15.7. The number of piperidine rings is 1. The Morgan fingerprint density at radius 1 is 1.15 bits per heavy atom. The molecule has 4 rings (SSSR count). The molecule has 0 saturated carbocycles. The van der Waals surface area contributed by atoms with Gasteiger partial charge in [0.2, 0.25) is 5.13 Å². The minimum absolute atomic E-state index is 0.426. The van der Waals surface area contributed by atoms with Crippen LogP contribution in [0.2, 0.25) is 0 Å². The summed E-state index contributed by atoms with van der Waals surface area (Å²) in [6, 6.07) is 12.6. The number of aryl methyl sites for hydroxylation is 1. The minimum Gasteiger partial charge on any atom is -0.357 e. The zero-order valence-electron chi connectivity index (χ0n) is 14.8. The van der Waals surface area contributed by atoms with Crippen molar-refractivity contribution in [3.8, 4) is 11.4 Å². The quantitative estimate of drug-likeness (QED) is 0.744. The summed E-state index contributed by atoms with van der Waals surface area (Å²) < 4.78 is 4.47. The fraction of sp³-hybridized carbons (Fsp3) is 0.368. The highest BCUT2D eigenvalue weighted by atomic mass is 32.1. The lowest BCUT2D eigenvalue weighted by atomic mass is 10.1. The van der Waals surface area contributed by atoms with E-state index in [1.54, 1.807) is 6.33 Å². The summed E-state index contributed by atoms with van der Waals surface area (Å²) in [5, 5.41) is 4.45. The number of hydrogen-bond donors (Lipinski definition) is 1. The Morgan fingerprint density at radius 3 is 2.73 bits per heavy atom. The van der Waals surface area contributed by atoms with Gasteiger partial charge in [-0.15, -0.1) is 0 Å². The summed E-state index contributed by atoms with van der Waals surface area (Å²) in [6.45, 7) is 4.10. The predicted molar refractivity (Wildman–Crippen MR) is 106 cm³/mol. The van der Waals surface area contributed by atoms with E-state index in [2.05, 4.69) is 42.5 Å². The van der Waals surface area contributed by atoms with Gasteiger partial charge in [-0.05, 0) is 19.3 Å². The second-order valence-corrected chi connectivity index (χ2v) is 7.17. The number of hydrogen-bond acceptors (Lipinski definition) is 7. The normalized spacial score (nSPS) is 15.2. The van der Waals surface area contributed by atoms with Crippen molar-refractivity contribution < 1.29 is 0 Å². The lowest BCUT2D eigenvalue weighted by Crippen LogP contribution is -2.39.